The molecule has 6 rings (SSSR count). The predicted molar refractivity (Wildman–Crippen MR) is 214 cm³/mol. The van der Waals surface area contributed by atoms with Crippen molar-refractivity contribution in [2.75, 3.05) is 18.5 Å². The zero-order chi connectivity index (χ0) is 32.3. The van der Waals surface area contributed by atoms with Gasteiger partial charge in [0.05, 0.1) is 0 Å². The molecule has 0 saturated carbocycles. The van der Waals surface area contributed by atoms with E-state index in [9.17, 15) is 0 Å². The minimum atomic E-state index is -0.630. The molecular formula is C44H43P3. The van der Waals surface area contributed by atoms with Crippen molar-refractivity contribution in [3.63, 3.8) is 0 Å². The molecule has 0 atom stereocenters. The molecule has 0 heterocycles. The molecule has 3 heteroatoms. The normalized spacial score (nSPS) is 11.6. The summed E-state index contributed by atoms with van der Waals surface area (Å²) in [7, 11) is -1.89. The molecule has 0 aliphatic heterocycles. The SMILES string of the molecule is CC(C)=CC(CP(c1ccccc1)c1ccccc1)(CP(c1ccccc1)c1ccccc1)CP(c1ccccc1)c1ccccc1. The van der Waals surface area contributed by atoms with E-state index in [4.69, 9.17) is 0 Å². The summed E-state index contributed by atoms with van der Waals surface area (Å²) in [6.07, 6.45) is 5.98. The summed E-state index contributed by atoms with van der Waals surface area (Å²) in [5.41, 5.74) is 1.33. The van der Waals surface area contributed by atoms with Gasteiger partial charge >= 0.3 is 0 Å². The number of hydrogen-bond acceptors (Lipinski definition) is 0. The maximum absolute atomic E-state index is 2.69. The number of hydrogen-bond donors (Lipinski definition) is 0. The summed E-state index contributed by atoms with van der Waals surface area (Å²) in [6.45, 7) is 4.62. The second kappa shape index (κ2) is 16.4. The lowest BCUT2D eigenvalue weighted by Crippen LogP contribution is -2.38. The Hall–Kier alpha value is -3.65. The van der Waals surface area contributed by atoms with Crippen molar-refractivity contribution in [1.29, 1.82) is 0 Å². The van der Waals surface area contributed by atoms with Gasteiger partial charge in [0.2, 0.25) is 0 Å². The third-order valence-corrected chi connectivity index (χ3v) is 16.8. The highest BCUT2D eigenvalue weighted by Gasteiger charge is 2.38. The van der Waals surface area contributed by atoms with Crippen LogP contribution in [-0.2, 0) is 0 Å². The van der Waals surface area contributed by atoms with Crippen molar-refractivity contribution >= 4 is 55.6 Å². The lowest BCUT2D eigenvalue weighted by molar-refractivity contribution is 0.569. The smallest absolute Gasteiger partial charge is 0.00198 e. The average molecular weight is 665 g/mol. The highest BCUT2D eigenvalue weighted by Crippen LogP contribution is 2.53. The van der Waals surface area contributed by atoms with Crippen LogP contribution in [0, 0.1) is 5.41 Å². The summed E-state index contributed by atoms with van der Waals surface area (Å²) in [4.78, 5) is 0. The molecule has 0 saturated heterocycles. The van der Waals surface area contributed by atoms with Crippen LogP contribution in [0.15, 0.2) is 194 Å². The first-order valence-electron chi connectivity index (χ1n) is 16.4. The molecule has 0 amide bonds. The van der Waals surface area contributed by atoms with Gasteiger partial charge in [0, 0.05) is 5.41 Å². The number of rotatable bonds is 13. The molecule has 6 aromatic rings. The Morgan fingerprint density at radius 2 is 0.553 bits per heavy atom. The molecule has 0 aromatic heterocycles. The second-order valence-electron chi connectivity index (χ2n) is 12.4. The highest BCUT2D eigenvalue weighted by atomic mass is 31.1. The Kier molecular flexibility index (Phi) is 11.6. The second-order valence-corrected chi connectivity index (χ2v) is 19.0. The third kappa shape index (κ3) is 8.83. The fourth-order valence-electron chi connectivity index (χ4n) is 6.49. The van der Waals surface area contributed by atoms with Crippen LogP contribution in [0.3, 0.4) is 0 Å². The van der Waals surface area contributed by atoms with Gasteiger partial charge in [-0.15, -0.1) is 0 Å². The van der Waals surface area contributed by atoms with Gasteiger partial charge in [-0.3, -0.25) is 0 Å². The first kappa shape index (κ1) is 33.3. The Morgan fingerprint density at radius 1 is 0.362 bits per heavy atom. The first-order valence-corrected chi connectivity index (χ1v) is 21.0. The molecular weight excluding hydrogens is 621 g/mol. The van der Waals surface area contributed by atoms with E-state index in [1.54, 1.807) is 0 Å². The van der Waals surface area contributed by atoms with E-state index in [0.29, 0.717) is 0 Å². The minimum absolute atomic E-state index is 0.0645. The van der Waals surface area contributed by atoms with Crippen LogP contribution in [-0.4, -0.2) is 18.5 Å². The van der Waals surface area contributed by atoms with E-state index in [1.165, 1.54) is 37.4 Å². The van der Waals surface area contributed by atoms with Crippen molar-refractivity contribution in [2.24, 2.45) is 5.41 Å². The summed E-state index contributed by atoms with van der Waals surface area (Å²) >= 11 is 0. The topological polar surface area (TPSA) is 0 Å². The van der Waals surface area contributed by atoms with Gasteiger partial charge in [-0.05, 0) is 87.9 Å². The summed E-state index contributed by atoms with van der Waals surface area (Å²) < 4.78 is 0. The van der Waals surface area contributed by atoms with E-state index < -0.39 is 23.8 Å². The lowest BCUT2D eigenvalue weighted by Gasteiger charge is -2.41. The van der Waals surface area contributed by atoms with E-state index in [0.717, 1.165) is 18.5 Å². The van der Waals surface area contributed by atoms with Crippen LogP contribution >= 0.6 is 23.8 Å². The quantitative estimate of drug-likeness (QED) is 0.0853. The molecule has 0 unspecified atom stereocenters. The Labute approximate surface area is 285 Å². The van der Waals surface area contributed by atoms with Crippen molar-refractivity contribution in [2.45, 2.75) is 13.8 Å². The molecule has 6 aromatic carbocycles. The van der Waals surface area contributed by atoms with Gasteiger partial charge in [-0.25, -0.2) is 0 Å². The van der Waals surface area contributed by atoms with Crippen molar-refractivity contribution < 1.29 is 0 Å². The Morgan fingerprint density at radius 3 is 0.723 bits per heavy atom. The van der Waals surface area contributed by atoms with Gasteiger partial charge in [0.15, 0.2) is 0 Å². The summed E-state index contributed by atoms with van der Waals surface area (Å²) in [5, 5.41) is 8.71. The van der Waals surface area contributed by atoms with Crippen molar-refractivity contribution in [1.82, 2.24) is 0 Å². The minimum Gasteiger partial charge on any atom is -0.0798 e. The summed E-state index contributed by atoms with van der Waals surface area (Å²) in [5.74, 6) is 0. The molecule has 0 radical (unpaired) electrons. The lowest BCUT2D eigenvalue weighted by atomic mass is 9.93. The first-order chi connectivity index (χ1) is 23.1. The van der Waals surface area contributed by atoms with Crippen LogP contribution in [0.4, 0.5) is 0 Å². The van der Waals surface area contributed by atoms with Gasteiger partial charge in [-0.1, -0.05) is 194 Å². The summed E-state index contributed by atoms with van der Waals surface area (Å²) in [6, 6.07) is 67.9. The van der Waals surface area contributed by atoms with Gasteiger partial charge in [0.25, 0.3) is 0 Å². The zero-order valence-electron chi connectivity index (χ0n) is 27.4. The van der Waals surface area contributed by atoms with E-state index >= 15 is 0 Å². The monoisotopic (exact) mass is 664 g/mol. The van der Waals surface area contributed by atoms with Gasteiger partial charge < -0.3 is 0 Å². The number of allylic oxidation sites excluding steroid dienone is 2. The number of benzene rings is 6. The zero-order valence-corrected chi connectivity index (χ0v) is 30.0. The molecule has 0 spiro atoms. The molecule has 0 bridgehead atoms. The fourth-order valence-corrected chi connectivity index (χ4v) is 15.0. The molecule has 0 nitrogen and oxygen atoms in total. The predicted octanol–water partition coefficient (Wildman–Crippen LogP) is 9.34. The van der Waals surface area contributed by atoms with Crippen molar-refractivity contribution in [3.05, 3.63) is 194 Å². The largest absolute Gasteiger partial charge is 0.0798 e. The molecule has 234 valence electrons. The standard InChI is InChI=1S/C44H43P3/c1-37(2)33-44(34-45(38-21-9-3-10-22-38)39-23-11-4-12-24-39,35-46(40-25-13-5-14-26-40)41-27-15-6-16-28-41)36-47(42-29-17-7-18-30-42)43-31-19-8-20-32-43/h3-33H,34-36H2,1-2H3. The Balaban J connectivity index is 1.57. The van der Waals surface area contributed by atoms with Crippen LogP contribution in [0.1, 0.15) is 13.8 Å². The molecule has 47 heavy (non-hydrogen) atoms. The maximum atomic E-state index is 2.69. The van der Waals surface area contributed by atoms with Crippen LogP contribution in [0.5, 0.6) is 0 Å². The van der Waals surface area contributed by atoms with Gasteiger partial charge in [-0.2, -0.15) is 0 Å². The van der Waals surface area contributed by atoms with Crippen LogP contribution < -0.4 is 31.8 Å². The molecule has 0 N–H and O–H groups in total. The fraction of sp³-hybridized carbons (Fsp3) is 0.136. The highest BCUT2D eigenvalue weighted by molar-refractivity contribution is 7.75. The van der Waals surface area contributed by atoms with Crippen molar-refractivity contribution in [3.8, 4) is 0 Å². The Bertz CT molecular complexity index is 1480. The molecule has 0 aliphatic carbocycles. The molecule has 0 fully saturated rings. The van der Waals surface area contributed by atoms with E-state index in [1.807, 2.05) is 0 Å². The third-order valence-electron chi connectivity index (χ3n) is 8.42. The maximum Gasteiger partial charge on any atom is 0.00198 e. The van der Waals surface area contributed by atoms with E-state index in [-0.39, 0.29) is 5.41 Å². The average Bonchev–Trinajstić information content (AvgIpc) is 3.14. The van der Waals surface area contributed by atoms with E-state index in [2.05, 4.69) is 202 Å². The van der Waals surface area contributed by atoms with Gasteiger partial charge in [0.1, 0.15) is 0 Å². The van der Waals surface area contributed by atoms with Crippen LogP contribution in [0.2, 0.25) is 0 Å². The van der Waals surface area contributed by atoms with Crippen LogP contribution in [0.25, 0.3) is 0 Å². The molecule has 0 aliphatic rings.